The second-order valence-corrected chi connectivity index (χ2v) is 9.71. The molecule has 1 amide bonds. The molecule has 0 bridgehead atoms. The van der Waals surface area contributed by atoms with Gasteiger partial charge in [0.05, 0.1) is 31.4 Å². The van der Waals surface area contributed by atoms with Gasteiger partial charge in [-0.3, -0.25) is 9.69 Å². The first-order valence-corrected chi connectivity index (χ1v) is 12.5. The third kappa shape index (κ3) is 4.78. The molecule has 0 radical (unpaired) electrons. The second-order valence-electron chi connectivity index (χ2n) is 8.04. The molecule has 1 fully saturated rings. The van der Waals surface area contributed by atoms with E-state index in [9.17, 15) is 4.79 Å². The van der Waals surface area contributed by atoms with Crippen molar-refractivity contribution in [3.8, 4) is 28.4 Å². The van der Waals surface area contributed by atoms with Crippen molar-refractivity contribution in [3.05, 3.63) is 101 Å². The Morgan fingerprint density at radius 2 is 1.64 bits per heavy atom. The van der Waals surface area contributed by atoms with Gasteiger partial charge in [0.2, 0.25) is 0 Å². The SMILES string of the molecule is COc1ccc(-c2nn(-c3ccccc3)cc2/C=C2\SC(=S)N(Cc3ccccc3)C2=O)cc1OC. The van der Waals surface area contributed by atoms with Crippen molar-refractivity contribution in [2.24, 2.45) is 0 Å². The van der Waals surface area contributed by atoms with Crippen LogP contribution in [-0.2, 0) is 11.3 Å². The van der Waals surface area contributed by atoms with Gasteiger partial charge in [0, 0.05) is 17.3 Å². The smallest absolute Gasteiger partial charge is 0.266 e. The molecule has 0 aliphatic carbocycles. The summed E-state index contributed by atoms with van der Waals surface area (Å²) in [7, 11) is 3.20. The standard InChI is InChI=1S/C28H23N3O3S2/c1-33-23-14-13-20(15-24(23)34-2)26-21(18-31(29-26)22-11-7-4-8-12-22)16-25-27(32)30(28(35)36-25)17-19-9-5-3-6-10-19/h3-16,18H,17H2,1-2H3/b25-16-. The van der Waals surface area contributed by atoms with E-state index in [0.717, 1.165) is 22.4 Å². The van der Waals surface area contributed by atoms with Crippen molar-refractivity contribution in [3.63, 3.8) is 0 Å². The molecule has 3 aromatic carbocycles. The number of rotatable bonds is 7. The van der Waals surface area contributed by atoms with Crippen molar-refractivity contribution in [1.29, 1.82) is 0 Å². The van der Waals surface area contributed by atoms with Crippen LogP contribution in [0, 0.1) is 0 Å². The van der Waals surface area contributed by atoms with E-state index < -0.39 is 0 Å². The summed E-state index contributed by atoms with van der Waals surface area (Å²) in [5.74, 6) is 1.12. The number of hydrogen-bond donors (Lipinski definition) is 0. The molecule has 0 atom stereocenters. The molecule has 1 aliphatic rings. The number of thiocarbonyl (C=S) groups is 1. The Morgan fingerprint density at radius 1 is 0.944 bits per heavy atom. The van der Waals surface area contributed by atoms with Crippen molar-refractivity contribution in [1.82, 2.24) is 14.7 Å². The van der Waals surface area contributed by atoms with Crippen molar-refractivity contribution in [2.45, 2.75) is 6.54 Å². The van der Waals surface area contributed by atoms with Crippen LogP contribution in [0.15, 0.2) is 90.0 Å². The average Bonchev–Trinajstić information content (AvgIpc) is 3.46. The zero-order chi connectivity index (χ0) is 25.1. The van der Waals surface area contributed by atoms with Crippen LogP contribution in [0.25, 0.3) is 23.0 Å². The lowest BCUT2D eigenvalue weighted by molar-refractivity contribution is -0.122. The summed E-state index contributed by atoms with van der Waals surface area (Å²) in [6.45, 7) is 0.439. The fourth-order valence-corrected chi connectivity index (χ4v) is 5.20. The molecule has 2 heterocycles. The summed E-state index contributed by atoms with van der Waals surface area (Å²) in [6, 6.07) is 25.3. The second kappa shape index (κ2) is 10.4. The van der Waals surface area contributed by atoms with Crippen LogP contribution in [0.5, 0.6) is 11.5 Å². The number of methoxy groups -OCH3 is 2. The van der Waals surface area contributed by atoms with Crippen LogP contribution in [0.1, 0.15) is 11.1 Å². The van der Waals surface area contributed by atoms with Gasteiger partial charge in [-0.15, -0.1) is 0 Å². The van der Waals surface area contributed by atoms with E-state index in [0.29, 0.717) is 33.0 Å². The Hall–Kier alpha value is -3.88. The topological polar surface area (TPSA) is 56.6 Å². The maximum atomic E-state index is 13.3. The molecular weight excluding hydrogens is 490 g/mol. The van der Waals surface area contributed by atoms with Gasteiger partial charge in [0.25, 0.3) is 5.91 Å². The molecule has 0 unspecified atom stereocenters. The number of para-hydroxylation sites is 1. The number of ether oxygens (including phenoxy) is 2. The van der Waals surface area contributed by atoms with Gasteiger partial charge in [-0.2, -0.15) is 5.10 Å². The van der Waals surface area contributed by atoms with E-state index in [1.165, 1.54) is 11.8 Å². The van der Waals surface area contributed by atoms with Crippen molar-refractivity contribution >= 4 is 40.3 Å². The lowest BCUT2D eigenvalue weighted by atomic mass is 10.1. The Labute approximate surface area is 219 Å². The Morgan fingerprint density at radius 3 is 2.33 bits per heavy atom. The minimum atomic E-state index is -0.112. The van der Waals surface area contributed by atoms with Gasteiger partial charge in [0.15, 0.2) is 11.5 Å². The third-order valence-corrected chi connectivity index (χ3v) is 7.14. The number of carbonyl (C=O) groups excluding carboxylic acids is 1. The molecule has 5 rings (SSSR count). The van der Waals surface area contributed by atoms with Crippen molar-refractivity contribution < 1.29 is 14.3 Å². The molecule has 1 saturated heterocycles. The summed E-state index contributed by atoms with van der Waals surface area (Å²) >= 11 is 6.86. The highest BCUT2D eigenvalue weighted by molar-refractivity contribution is 8.26. The predicted octanol–water partition coefficient (Wildman–Crippen LogP) is 5.96. The van der Waals surface area contributed by atoms with Crippen LogP contribution in [0.4, 0.5) is 0 Å². The lowest BCUT2D eigenvalue weighted by Crippen LogP contribution is -2.27. The highest BCUT2D eigenvalue weighted by Gasteiger charge is 2.32. The van der Waals surface area contributed by atoms with Crippen LogP contribution >= 0.6 is 24.0 Å². The van der Waals surface area contributed by atoms with E-state index in [2.05, 4.69) is 0 Å². The van der Waals surface area contributed by atoms with Crippen molar-refractivity contribution in [2.75, 3.05) is 14.2 Å². The maximum absolute atomic E-state index is 13.3. The van der Waals surface area contributed by atoms with Crippen LogP contribution in [0.2, 0.25) is 0 Å². The molecule has 0 spiro atoms. The fourth-order valence-electron chi connectivity index (χ4n) is 3.96. The van der Waals surface area contributed by atoms with E-state index >= 15 is 0 Å². The van der Waals surface area contributed by atoms with Gasteiger partial charge < -0.3 is 9.47 Å². The molecule has 180 valence electrons. The molecule has 4 aromatic rings. The van der Waals surface area contributed by atoms with E-state index in [1.54, 1.807) is 19.1 Å². The zero-order valence-corrected chi connectivity index (χ0v) is 21.4. The molecule has 6 nitrogen and oxygen atoms in total. The number of benzene rings is 3. The number of nitrogens with zero attached hydrogens (tertiary/aromatic N) is 3. The first kappa shape index (κ1) is 23.8. The molecule has 0 saturated carbocycles. The van der Waals surface area contributed by atoms with Crippen LogP contribution in [0.3, 0.4) is 0 Å². The number of amides is 1. The largest absolute Gasteiger partial charge is 0.493 e. The van der Waals surface area contributed by atoms with Gasteiger partial charge in [-0.05, 0) is 42.0 Å². The number of hydrogen-bond acceptors (Lipinski definition) is 6. The van der Waals surface area contributed by atoms with E-state index in [-0.39, 0.29) is 5.91 Å². The molecule has 36 heavy (non-hydrogen) atoms. The predicted molar refractivity (Wildman–Crippen MR) is 147 cm³/mol. The monoisotopic (exact) mass is 513 g/mol. The fraction of sp³-hybridized carbons (Fsp3) is 0.107. The average molecular weight is 514 g/mol. The molecule has 1 aromatic heterocycles. The minimum Gasteiger partial charge on any atom is -0.493 e. The maximum Gasteiger partial charge on any atom is 0.266 e. The lowest BCUT2D eigenvalue weighted by Gasteiger charge is -2.14. The van der Waals surface area contributed by atoms with E-state index in [4.69, 9.17) is 26.8 Å². The minimum absolute atomic E-state index is 0.112. The third-order valence-electron chi connectivity index (χ3n) is 5.76. The quantitative estimate of drug-likeness (QED) is 0.225. The summed E-state index contributed by atoms with van der Waals surface area (Å²) < 4.78 is 13.3. The van der Waals surface area contributed by atoms with Gasteiger partial charge in [0.1, 0.15) is 10.0 Å². The highest BCUT2D eigenvalue weighted by Crippen LogP contribution is 2.37. The first-order chi connectivity index (χ1) is 17.6. The Balaban J connectivity index is 1.55. The number of thioether (sulfide) groups is 1. The molecule has 8 heteroatoms. The van der Waals surface area contributed by atoms with Gasteiger partial charge >= 0.3 is 0 Å². The highest BCUT2D eigenvalue weighted by atomic mass is 32.2. The summed E-state index contributed by atoms with van der Waals surface area (Å²) in [4.78, 5) is 15.5. The summed E-state index contributed by atoms with van der Waals surface area (Å²) in [5.41, 5.74) is 4.29. The number of carbonyl (C=O) groups is 1. The van der Waals surface area contributed by atoms with E-state index in [1.807, 2.05) is 95.8 Å². The Bertz CT molecular complexity index is 1450. The Kier molecular flexibility index (Phi) is 6.88. The zero-order valence-electron chi connectivity index (χ0n) is 19.8. The molecule has 0 N–H and O–H groups in total. The van der Waals surface area contributed by atoms with Crippen LogP contribution < -0.4 is 9.47 Å². The first-order valence-electron chi connectivity index (χ1n) is 11.2. The van der Waals surface area contributed by atoms with Gasteiger partial charge in [-0.1, -0.05) is 72.5 Å². The molecule has 1 aliphatic heterocycles. The molecular formula is C28H23N3O3S2. The number of aromatic nitrogens is 2. The van der Waals surface area contributed by atoms with Gasteiger partial charge in [-0.25, -0.2) is 4.68 Å². The van der Waals surface area contributed by atoms with Crippen LogP contribution in [-0.4, -0.2) is 39.1 Å². The summed E-state index contributed by atoms with van der Waals surface area (Å²) in [6.07, 6.45) is 3.79. The summed E-state index contributed by atoms with van der Waals surface area (Å²) in [5, 5.41) is 4.86. The normalized spacial score (nSPS) is 14.5.